The number of thioether (sulfide) groups is 1. The van der Waals surface area contributed by atoms with Gasteiger partial charge >= 0.3 is 5.69 Å². The minimum atomic E-state index is -0.379. The molecule has 4 aromatic rings. The highest BCUT2D eigenvalue weighted by atomic mass is 32.2. The molecule has 1 saturated heterocycles. The Morgan fingerprint density at radius 1 is 1.03 bits per heavy atom. The molecule has 184 valence electrons. The largest absolute Gasteiger partial charge is 0.342 e. The number of hydrogen-bond acceptors (Lipinski definition) is 8. The Bertz CT molecular complexity index is 1460. The molecule has 0 amide bonds. The van der Waals surface area contributed by atoms with Crippen LogP contribution in [-0.4, -0.2) is 57.7 Å². The first-order chi connectivity index (χ1) is 16.8. The van der Waals surface area contributed by atoms with Crippen LogP contribution < -0.4 is 16.1 Å². The number of anilines is 1. The first-order valence-electron chi connectivity index (χ1n) is 11.7. The van der Waals surface area contributed by atoms with Crippen molar-refractivity contribution in [3.05, 3.63) is 51.2 Å². The molecule has 0 N–H and O–H groups in total. The summed E-state index contributed by atoms with van der Waals surface area (Å²) in [6.07, 6.45) is 1.16. The molecule has 35 heavy (non-hydrogen) atoms. The Labute approximate surface area is 206 Å². The zero-order valence-corrected chi connectivity index (χ0v) is 21.1. The van der Waals surface area contributed by atoms with Gasteiger partial charge in [-0.05, 0) is 40.8 Å². The van der Waals surface area contributed by atoms with Crippen molar-refractivity contribution >= 4 is 28.9 Å². The van der Waals surface area contributed by atoms with Gasteiger partial charge in [0.25, 0.3) is 5.56 Å². The van der Waals surface area contributed by atoms with Crippen LogP contribution in [0.4, 0.5) is 5.95 Å². The average molecular weight is 496 g/mol. The average Bonchev–Trinajstić information content (AvgIpc) is 3.47. The summed E-state index contributed by atoms with van der Waals surface area (Å²) in [6.45, 7) is 6.72. The van der Waals surface area contributed by atoms with Crippen molar-refractivity contribution in [1.29, 1.82) is 0 Å². The van der Waals surface area contributed by atoms with E-state index in [0.29, 0.717) is 40.5 Å². The topological polar surface area (TPSA) is 109 Å². The molecule has 4 heterocycles. The van der Waals surface area contributed by atoms with Gasteiger partial charge in [-0.15, -0.1) is 5.10 Å². The molecular weight excluding hydrogens is 466 g/mol. The van der Waals surface area contributed by atoms with Crippen molar-refractivity contribution in [3.8, 4) is 5.69 Å². The van der Waals surface area contributed by atoms with Gasteiger partial charge < -0.3 is 9.47 Å². The lowest BCUT2D eigenvalue weighted by atomic mass is 9.92. The highest BCUT2D eigenvalue weighted by molar-refractivity contribution is 7.99. The summed E-state index contributed by atoms with van der Waals surface area (Å²) in [7, 11) is 3.17. The molecule has 12 heteroatoms. The van der Waals surface area contributed by atoms with Gasteiger partial charge in [0, 0.05) is 39.5 Å². The van der Waals surface area contributed by atoms with Gasteiger partial charge in [-0.2, -0.15) is 9.67 Å². The maximum atomic E-state index is 13.2. The molecule has 0 bridgehead atoms. The highest BCUT2D eigenvalue weighted by Crippen LogP contribution is 2.28. The van der Waals surface area contributed by atoms with E-state index >= 15 is 0 Å². The van der Waals surface area contributed by atoms with E-state index in [1.165, 1.54) is 23.4 Å². The Hall–Kier alpha value is -3.41. The molecule has 5 rings (SSSR count). The second-order valence-electron chi connectivity index (χ2n) is 9.35. The van der Waals surface area contributed by atoms with Gasteiger partial charge in [0.15, 0.2) is 11.2 Å². The fourth-order valence-electron chi connectivity index (χ4n) is 4.94. The number of imidazole rings is 1. The van der Waals surface area contributed by atoms with E-state index in [2.05, 4.69) is 34.3 Å². The van der Waals surface area contributed by atoms with E-state index in [9.17, 15) is 9.59 Å². The normalized spacial score (nSPS) is 18.5. The van der Waals surface area contributed by atoms with Crippen molar-refractivity contribution in [3.63, 3.8) is 0 Å². The van der Waals surface area contributed by atoms with Crippen LogP contribution in [0.1, 0.15) is 20.3 Å². The summed E-state index contributed by atoms with van der Waals surface area (Å²) in [4.78, 5) is 32.9. The number of hydrogen-bond donors (Lipinski definition) is 0. The van der Waals surface area contributed by atoms with Crippen LogP contribution in [0.3, 0.4) is 0 Å². The van der Waals surface area contributed by atoms with Crippen LogP contribution >= 0.6 is 11.8 Å². The lowest BCUT2D eigenvalue weighted by Gasteiger charge is -2.35. The van der Waals surface area contributed by atoms with E-state index in [-0.39, 0.29) is 11.2 Å². The summed E-state index contributed by atoms with van der Waals surface area (Å²) < 4.78 is 6.27. The van der Waals surface area contributed by atoms with Gasteiger partial charge in [-0.1, -0.05) is 43.8 Å². The Balaban J connectivity index is 1.51. The third-order valence-electron chi connectivity index (χ3n) is 6.47. The summed E-state index contributed by atoms with van der Waals surface area (Å²) in [6, 6.07) is 9.73. The summed E-state index contributed by atoms with van der Waals surface area (Å²) in [5, 5.41) is 12.8. The molecular formula is C23H29N9O2S. The monoisotopic (exact) mass is 495 g/mol. The highest BCUT2D eigenvalue weighted by Gasteiger charge is 2.28. The maximum absolute atomic E-state index is 13.2. The maximum Gasteiger partial charge on any atom is 0.332 e. The number of aryl methyl sites for hydroxylation is 2. The number of benzene rings is 1. The fourth-order valence-corrected chi connectivity index (χ4v) is 5.76. The zero-order valence-electron chi connectivity index (χ0n) is 20.3. The number of para-hydroxylation sites is 1. The van der Waals surface area contributed by atoms with Gasteiger partial charge in [-0.3, -0.25) is 13.9 Å². The molecule has 3 aromatic heterocycles. The number of fused-ring (bicyclic) bond motifs is 1. The Morgan fingerprint density at radius 3 is 2.46 bits per heavy atom. The molecule has 2 unspecified atom stereocenters. The van der Waals surface area contributed by atoms with Crippen LogP contribution in [0.15, 0.2) is 45.1 Å². The van der Waals surface area contributed by atoms with Crippen molar-refractivity contribution in [1.82, 2.24) is 38.9 Å². The van der Waals surface area contributed by atoms with Crippen LogP contribution in [0.25, 0.3) is 16.9 Å². The fraction of sp³-hybridized carbons (Fsp3) is 0.478. The summed E-state index contributed by atoms with van der Waals surface area (Å²) in [5.74, 6) is 2.39. The summed E-state index contributed by atoms with van der Waals surface area (Å²) >= 11 is 1.51. The molecule has 0 radical (unpaired) electrons. The van der Waals surface area contributed by atoms with E-state index < -0.39 is 0 Å². The van der Waals surface area contributed by atoms with Crippen molar-refractivity contribution in [2.45, 2.75) is 32.0 Å². The minimum absolute atomic E-state index is 0.334. The van der Waals surface area contributed by atoms with Crippen molar-refractivity contribution < 1.29 is 0 Å². The minimum Gasteiger partial charge on any atom is -0.342 e. The number of nitrogens with zero attached hydrogens (tertiary/aromatic N) is 9. The van der Waals surface area contributed by atoms with E-state index in [4.69, 9.17) is 4.98 Å². The van der Waals surface area contributed by atoms with Gasteiger partial charge in [-0.25, -0.2) is 4.79 Å². The third-order valence-corrected chi connectivity index (χ3v) is 7.37. The van der Waals surface area contributed by atoms with Crippen LogP contribution in [0.5, 0.6) is 0 Å². The van der Waals surface area contributed by atoms with E-state index in [1.807, 2.05) is 34.9 Å². The molecule has 0 spiro atoms. The molecule has 1 aromatic carbocycles. The second kappa shape index (κ2) is 9.33. The van der Waals surface area contributed by atoms with Crippen LogP contribution in [0.2, 0.25) is 0 Å². The number of rotatable bonds is 6. The van der Waals surface area contributed by atoms with Crippen molar-refractivity contribution in [2.24, 2.45) is 25.9 Å². The zero-order chi connectivity index (χ0) is 24.7. The quantitative estimate of drug-likeness (QED) is 0.372. The lowest BCUT2D eigenvalue weighted by molar-refractivity contribution is 0.352. The Kier molecular flexibility index (Phi) is 6.22. The van der Waals surface area contributed by atoms with Crippen LogP contribution in [0, 0.1) is 11.8 Å². The molecule has 0 aliphatic carbocycles. The predicted octanol–water partition coefficient (Wildman–Crippen LogP) is 1.68. The summed E-state index contributed by atoms with van der Waals surface area (Å²) in [5.41, 5.74) is 1.03. The first-order valence-corrected chi connectivity index (χ1v) is 12.7. The first kappa shape index (κ1) is 23.3. The van der Waals surface area contributed by atoms with Gasteiger partial charge in [0.1, 0.15) is 0 Å². The molecule has 1 aliphatic rings. The van der Waals surface area contributed by atoms with E-state index in [1.54, 1.807) is 11.7 Å². The van der Waals surface area contributed by atoms with E-state index in [0.717, 1.165) is 35.7 Å². The number of aromatic nitrogens is 8. The van der Waals surface area contributed by atoms with Gasteiger partial charge in [0.2, 0.25) is 11.1 Å². The second-order valence-corrected chi connectivity index (χ2v) is 10.4. The van der Waals surface area contributed by atoms with Gasteiger partial charge in [0.05, 0.1) is 5.69 Å². The molecule has 1 aliphatic heterocycles. The number of tetrazole rings is 1. The van der Waals surface area contributed by atoms with Crippen LogP contribution in [-0.2, 0) is 20.6 Å². The molecule has 11 nitrogen and oxygen atoms in total. The molecule has 0 saturated carbocycles. The SMILES string of the molecule is CC1CC(C)CN(c2nc3c(c(=O)n(C)c(=O)n3C)n2CCSc2nnnn2-c2ccccc2)C1. The smallest absolute Gasteiger partial charge is 0.332 e. The molecule has 1 fully saturated rings. The third kappa shape index (κ3) is 4.26. The van der Waals surface area contributed by atoms with Crippen molar-refractivity contribution in [2.75, 3.05) is 23.7 Å². The Morgan fingerprint density at radius 2 is 1.74 bits per heavy atom. The molecule has 2 atom stereocenters. The number of piperidine rings is 1. The predicted molar refractivity (Wildman–Crippen MR) is 135 cm³/mol. The lowest BCUT2D eigenvalue weighted by Crippen LogP contribution is -2.40. The standard InChI is InChI=1S/C23H29N9O2S/c1-15-12-16(2)14-30(13-15)21-24-19-18(20(33)29(4)23(34)28(19)3)31(21)10-11-35-22-25-26-27-32(22)17-8-6-5-7-9-17/h5-9,15-16H,10-14H2,1-4H3.